The number of rotatable bonds is 3. The summed E-state index contributed by atoms with van der Waals surface area (Å²) in [5.41, 5.74) is 4.23. The molecule has 1 aliphatic carbocycles. The van der Waals surface area contributed by atoms with Gasteiger partial charge in [0.1, 0.15) is 5.82 Å². The van der Waals surface area contributed by atoms with Gasteiger partial charge >= 0.3 is 5.97 Å². The van der Waals surface area contributed by atoms with Crippen LogP contribution in [0.4, 0.5) is 4.39 Å². The van der Waals surface area contributed by atoms with Gasteiger partial charge in [0.15, 0.2) is 0 Å². The smallest absolute Gasteiger partial charge is 0.307 e. The lowest BCUT2D eigenvalue weighted by Gasteiger charge is -2.18. The highest BCUT2D eigenvalue weighted by Crippen LogP contribution is 2.43. The predicted octanol–water partition coefficient (Wildman–Crippen LogP) is 4.29. The third-order valence-corrected chi connectivity index (χ3v) is 5.36. The van der Waals surface area contributed by atoms with E-state index in [0.717, 1.165) is 27.6 Å². The van der Waals surface area contributed by atoms with Crippen LogP contribution in [-0.4, -0.2) is 20.9 Å². The van der Waals surface area contributed by atoms with Crippen LogP contribution in [0, 0.1) is 18.7 Å². The molecule has 0 spiro atoms. The van der Waals surface area contributed by atoms with Gasteiger partial charge in [-0.15, -0.1) is 0 Å². The molecular weight excluding hydrogens is 331 g/mol. The zero-order valence-corrected chi connectivity index (χ0v) is 14.6. The molecule has 1 heterocycles. The summed E-state index contributed by atoms with van der Waals surface area (Å²) >= 11 is 0. The number of aromatic nitrogens is 2. The van der Waals surface area contributed by atoms with Crippen molar-refractivity contribution in [3.63, 3.8) is 0 Å². The average Bonchev–Trinajstić information content (AvgIpc) is 3.22. The number of halogens is 1. The number of carbonyl (C=O) groups is 1. The van der Waals surface area contributed by atoms with Crippen molar-refractivity contribution in [3.05, 3.63) is 71.2 Å². The third kappa shape index (κ3) is 2.60. The van der Waals surface area contributed by atoms with Gasteiger partial charge in [-0.2, -0.15) is 5.10 Å². The highest BCUT2D eigenvalue weighted by atomic mass is 19.1. The highest BCUT2D eigenvalue weighted by molar-refractivity contribution is 5.86. The summed E-state index contributed by atoms with van der Waals surface area (Å²) in [5, 5.41) is 15.0. The Bertz CT molecular complexity index is 1050. The summed E-state index contributed by atoms with van der Waals surface area (Å²) in [6.07, 6.45) is 4.22. The molecule has 1 aliphatic rings. The standard InChI is InChI=1S/C21H19FN2O2/c1-12-16(4-3-5-19(12)22)17-8-15(9-18(17)21(25)26)13-6-7-14-11-23-24(2)20(14)10-13/h3-8,10-11,17-18H,9H2,1-2H3,(H,25,26). The molecule has 3 aromatic rings. The number of carboxylic acid groups (broad SMARTS) is 1. The molecular formula is C21H19FN2O2. The zero-order chi connectivity index (χ0) is 18.4. The second-order valence-electron chi connectivity index (χ2n) is 6.86. The molecule has 0 saturated heterocycles. The summed E-state index contributed by atoms with van der Waals surface area (Å²) in [6.45, 7) is 1.71. The Morgan fingerprint density at radius 2 is 2.12 bits per heavy atom. The van der Waals surface area contributed by atoms with E-state index in [0.29, 0.717) is 12.0 Å². The monoisotopic (exact) mass is 350 g/mol. The van der Waals surface area contributed by atoms with Crippen molar-refractivity contribution < 1.29 is 14.3 Å². The van der Waals surface area contributed by atoms with E-state index in [1.54, 1.807) is 23.9 Å². The van der Waals surface area contributed by atoms with E-state index in [1.807, 2.05) is 37.4 Å². The number of allylic oxidation sites excluding steroid dienone is 2. The molecule has 0 bridgehead atoms. The van der Waals surface area contributed by atoms with E-state index in [2.05, 4.69) is 5.10 Å². The molecule has 0 fully saturated rings. The largest absolute Gasteiger partial charge is 0.481 e. The maximum absolute atomic E-state index is 14.0. The lowest BCUT2D eigenvalue weighted by atomic mass is 9.86. The van der Waals surface area contributed by atoms with Crippen molar-refractivity contribution in [2.45, 2.75) is 19.3 Å². The van der Waals surface area contributed by atoms with E-state index < -0.39 is 11.9 Å². The second kappa shape index (κ2) is 6.09. The van der Waals surface area contributed by atoms with Crippen molar-refractivity contribution in [2.75, 3.05) is 0 Å². The van der Waals surface area contributed by atoms with Gasteiger partial charge in [0, 0.05) is 18.4 Å². The van der Waals surface area contributed by atoms with E-state index in [4.69, 9.17) is 0 Å². The first kappa shape index (κ1) is 16.5. The Kier molecular flexibility index (Phi) is 3.87. The van der Waals surface area contributed by atoms with Crippen molar-refractivity contribution in [2.24, 2.45) is 13.0 Å². The number of aliphatic carboxylic acids is 1. The van der Waals surface area contributed by atoms with E-state index in [-0.39, 0.29) is 11.7 Å². The Morgan fingerprint density at radius 1 is 1.31 bits per heavy atom. The van der Waals surface area contributed by atoms with Gasteiger partial charge in [-0.3, -0.25) is 9.48 Å². The number of aryl methyl sites for hydroxylation is 1. The number of fused-ring (bicyclic) bond motifs is 1. The molecule has 2 atom stereocenters. The van der Waals surface area contributed by atoms with Gasteiger partial charge in [-0.1, -0.05) is 30.3 Å². The minimum atomic E-state index is -0.855. The fourth-order valence-electron chi connectivity index (χ4n) is 3.86. The molecule has 0 aliphatic heterocycles. The Labute approximate surface area is 150 Å². The SMILES string of the molecule is Cc1c(F)cccc1C1C=C(c2ccc3cnn(C)c3c2)CC1C(=O)O. The fraction of sp³-hybridized carbons (Fsp3) is 0.238. The summed E-state index contributed by atoms with van der Waals surface area (Å²) < 4.78 is 15.8. The first-order valence-corrected chi connectivity index (χ1v) is 8.56. The van der Waals surface area contributed by atoms with Gasteiger partial charge in [0.25, 0.3) is 0 Å². The summed E-state index contributed by atoms with van der Waals surface area (Å²) in [4.78, 5) is 11.8. The van der Waals surface area contributed by atoms with Crippen molar-refractivity contribution in [1.29, 1.82) is 0 Å². The van der Waals surface area contributed by atoms with Gasteiger partial charge in [-0.05, 0) is 47.7 Å². The van der Waals surface area contributed by atoms with Crippen molar-refractivity contribution >= 4 is 22.4 Å². The Hall–Kier alpha value is -2.95. The summed E-state index contributed by atoms with van der Waals surface area (Å²) in [6, 6.07) is 10.9. The van der Waals surface area contributed by atoms with Crippen LogP contribution in [0.1, 0.15) is 29.0 Å². The van der Waals surface area contributed by atoms with E-state index in [1.165, 1.54) is 6.07 Å². The topological polar surface area (TPSA) is 55.1 Å². The van der Waals surface area contributed by atoms with Crippen LogP contribution in [0.15, 0.2) is 48.7 Å². The van der Waals surface area contributed by atoms with Gasteiger partial charge in [0.05, 0.1) is 17.6 Å². The molecule has 1 N–H and O–H groups in total. The van der Waals surface area contributed by atoms with E-state index in [9.17, 15) is 14.3 Å². The zero-order valence-electron chi connectivity index (χ0n) is 14.6. The molecule has 0 amide bonds. The molecule has 0 saturated carbocycles. The minimum Gasteiger partial charge on any atom is -0.481 e. The van der Waals surface area contributed by atoms with Crippen LogP contribution >= 0.6 is 0 Å². The number of benzene rings is 2. The molecule has 26 heavy (non-hydrogen) atoms. The lowest BCUT2D eigenvalue weighted by molar-refractivity contribution is -0.141. The van der Waals surface area contributed by atoms with Gasteiger partial charge in [-0.25, -0.2) is 4.39 Å². The first-order chi connectivity index (χ1) is 12.5. The van der Waals surface area contributed by atoms with Crippen LogP contribution < -0.4 is 0 Å². The predicted molar refractivity (Wildman–Crippen MR) is 98.3 cm³/mol. The van der Waals surface area contributed by atoms with Crippen molar-refractivity contribution in [3.8, 4) is 0 Å². The van der Waals surface area contributed by atoms with Gasteiger partial charge < -0.3 is 5.11 Å². The van der Waals surface area contributed by atoms with Crippen molar-refractivity contribution in [1.82, 2.24) is 9.78 Å². The quantitative estimate of drug-likeness (QED) is 0.766. The maximum atomic E-state index is 14.0. The summed E-state index contributed by atoms with van der Waals surface area (Å²) in [5.74, 6) is -2.08. The molecule has 0 radical (unpaired) electrons. The molecule has 4 nitrogen and oxygen atoms in total. The fourth-order valence-corrected chi connectivity index (χ4v) is 3.86. The maximum Gasteiger partial charge on any atom is 0.307 e. The van der Waals surface area contributed by atoms with Crippen LogP contribution in [0.25, 0.3) is 16.5 Å². The molecule has 2 aromatic carbocycles. The molecule has 4 rings (SSSR count). The first-order valence-electron chi connectivity index (χ1n) is 8.56. The Balaban J connectivity index is 1.80. The minimum absolute atomic E-state index is 0.301. The normalized spacial score (nSPS) is 19.7. The molecule has 132 valence electrons. The van der Waals surface area contributed by atoms with Crippen LogP contribution in [0.2, 0.25) is 0 Å². The number of hydrogen-bond acceptors (Lipinski definition) is 2. The molecule has 1 aromatic heterocycles. The number of hydrogen-bond donors (Lipinski definition) is 1. The Morgan fingerprint density at radius 3 is 2.88 bits per heavy atom. The number of nitrogens with zero attached hydrogens (tertiary/aromatic N) is 2. The molecule has 2 unspecified atom stereocenters. The lowest BCUT2D eigenvalue weighted by Crippen LogP contribution is -2.18. The van der Waals surface area contributed by atoms with Gasteiger partial charge in [0.2, 0.25) is 0 Å². The third-order valence-electron chi connectivity index (χ3n) is 5.36. The highest BCUT2D eigenvalue weighted by Gasteiger charge is 2.35. The van der Waals surface area contributed by atoms with Crippen LogP contribution in [0.3, 0.4) is 0 Å². The van der Waals surface area contributed by atoms with Crippen LogP contribution in [-0.2, 0) is 11.8 Å². The average molecular weight is 350 g/mol. The van der Waals surface area contributed by atoms with Crippen LogP contribution in [0.5, 0.6) is 0 Å². The second-order valence-corrected chi connectivity index (χ2v) is 6.86. The van der Waals surface area contributed by atoms with E-state index >= 15 is 0 Å². The number of carboxylic acids is 1. The summed E-state index contributed by atoms with van der Waals surface area (Å²) in [7, 11) is 1.88. The molecule has 5 heteroatoms.